The third-order valence-electron chi connectivity index (χ3n) is 5.90. The number of pyridine rings is 1. The molecule has 0 amide bonds. The summed E-state index contributed by atoms with van der Waals surface area (Å²) in [6.07, 6.45) is 3.00. The first-order valence-corrected chi connectivity index (χ1v) is 10.4. The molecule has 0 spiro atoms. The van der Waals surface area contributed by atoms with Crippen LogP contribution in [0, 0.1) is 6.92 Å². The first-order chi connectivity index (χ1) is 15.3. The number of anilines is 1. The summed E-state index contributed by atoms with van der Waals surface area (Å²) in [6, 6.07) is 3.54. The monoisotopic (exact) mass is 447 g/mol. The molecule has 1 saturated carbocycles. The van der Waals surface area contributed by atoms with E-state index in [-0.39, 0.29) is 18.9 Å². The second-order valence-corrected chi connectivity index (χ2v) is 8.14. The van der Waals surface area contributed by atoms with Crippen LogP contribution in [0.2, 0.25) is 0 Å². The van der Waals surface area contributed by atoms with E-state index in [4.69, 9.17) is 0 Å². The zero-order valence-electron chi connectivity index (χ0n) is 17.3. The summed E-state index contributed by atoms with van der Waals surface area (Å²) in [5.74, 6) is -1.74. The highest BCUT2D eigenvalue weighted by molar-refractivity contribution is 5.85. The van der Waals surface area contributed by atoms with E-state index in [0.717, 1.165) is 11.1 Å². The molecule has 1 N–H and O–H groups in total. The summed E-state index contributed by atoms with van der Waals surface area (Å²) in [7, 11) is 0. The average Bonchev–Trinajstić information content (AvgIpc) is 3.29. The van der Waals surface area contributed by atoms with E-state index in [9.17, 15) is 17.6 Å². The number of nitrogens with one attached hydrogen (secondary N) is 1. The maximum Gasteiger partial charge on any atom is 0.256 e. The quantitative estimate of drug-likeness (QED) is 0.449. The number of aryl methyl sites for hydroxylation is 1. The Kier molecular flexibility index (Phi) is 4.98. The largest absolute Gasteiger partial charge is 0.350 e. The number of fused-ring (bicyclic) bond motifs is 2. The zero-order valence-corrected chi connectivity index (χ0v) is 17.3. The highest BCUT2D eigenvalue weighted by Crippen LogP contribution is 2.34. The Bertz CT molecular complexity index is 1270. The van der Waals surface area contributed by atoms with Crippen molar-refractivity contribution in [1.82, 2.24) is 29.1 Å². The molecule has 0 radical (unpaired) electrons. The highest BCUT2D eigenvalue weighted by Gasteiger charge is 2.35. The van der Waals surface area contributed by atoms with Gasteiger partial charge < -0.3 is 9.88 Å². The molecule has 0 saturated heterocycles. The Hall–Kier alpha value is -3.24. The summed E-state index contributed by atoms with van der Waals surface area (Å²) < 4.78 is 55.8. The van der Waals surface area contributed by atoms with Gasteiger partial charge in [0.15, 0.2) is 5.65 Å². The fraction of sp³-hybridized carbons (Fsp3) is 0.429. The topological polar surface area (TPSA) is 72.9 Å². The van der Waals surface area contributed by atoms with Gasteiger partial charge in [0.1, 0.15) is 5.82 Å². The summed E-state index contributed by atoms with van der Waals surface area (Å²) in [4.78, 5) is 13.0. The standard InChI is InChI=1S/C21H21F4N7/c1-12-28-19-16(31(12)11-18(22)23)8-13(9-26-19)15-4-7-32-17(15)10-27-20(30-32)29-14-2-5-21(24,25)6-3-14/h4,7-10,14,18H,2-3,5-6,11H2,1H3,(H,29,30). The van der Waals surface area contributed by atoms with Crippen molar-refractivity contribution in [2.45, 2.75) is 57.5 Å². The van der Waals surface area contributed by atoms with Crippen molar-refractivity contribution < 1.29 is 17.6 Å². The third-order valence-corrected chi connectivity index (χ3v) is 5.90. The van der Waals surface area contributed by atoms with Crippen molar-refractivity contribution in [3.05, 3.63) is 36.5 Å². The van der Waals surface area contributed by atoms with Gasteiger partial charge in [0.25, 0.3) is 6.43 Å². The van der Waals surface area contributed by atoms with Crippen LogP contribution >= 0.6 is 0 Å². The second-order valence-electron chi connectivity index (χ2n) is 8.14. The van der Waals surface area contributed by atoms with E-state index in [1.165, 1.54) is 4.57 Å². The zero-order chi connectivity index (χ0) is 22.5. The molecule has 1 aliphatic rings. The van der Waals surface area contributed by atoms with E-state index < -0.39 is 18.9 Å². The SMILES string of the molecule is Cc1nc2ncc(-c3ccn4nc(NC5CCC(F)(F)CC5)ncc34)cc2n1CC(F)F. The lowest BCUT2D eigenvalue weighted by Gasteiger charge is -2.28. The van der Waals surface area contributed by atoms with Gasteiger partial charge in [0.05, 0.1) is 23.8 Å². The molecule has 168 valence electrons. The van der Waals surface area contributed by atoms with E-state index in [2.05, 4.69) is 25.4 Å². The molecular formula is C21H21F4N7. The van der Waals surface area contributed by atoms with Crippen molar-refractivity contribution in [1.29, 1.82) is 0 Å². The summed E-state index contributed by atoms with van der Waals surface area (Å²) in [6.45, 7) is 1.22. The molecule has 0 aromatic carbocycles. The van der Waals surface area contributed by atoms with Gasteiger partial charge in [-0.3, -0.25) is 0 Å². The lowest BCUT2D eigenvalue weighted by atomic mass is 9.92. The van der Waals surface area contributed by atoms with Crippen LogP contribution in [0.15, 0.2) is 30.7 Å². The van der Waals surface area contributed by atoms with Gasteiger partial charge in [-0.25, -0.2) is 37.0 Å². The van der Waals surface area contributed by atoms with Crippen LogP contribution in [-0.4, -0.2) is 47.5 Å². The first kappa shape index (κ1) is 20.7. The molecule has 0 atom stereocenters. The number of nitrogens with zero attached hydrogens (tertiary/aromatic N) is 6. The summed E-state index contributed by atoms with van der Waals surface area (Å²) >= 11 is 0. The summed E-state index contributed by atoms with van der Waals surface area (Å²) in [5, 5.41) is 7.59. The van der Waals surface area contributed by atoms with Gasteiger partial charge in [-0.15, -0.1) is 5.10 Å². The van der Waals surface area contributed by atoms with Crippen LogP contribution in [-0.2, 0) is 6.54 Å². The van der Waals surface area contributed by atoms with E-state index in [1.807, 2.05) is 6.07 Å². The van der Waals surface area contributed by atoms with Crippen LogP contribution in [0.5, 0.6) is 0 Å². The van der Waals surface area contributed by atoms with Crippen molar-refractivity contribution in [3.8, 4) is 11.1 Å². The van der Waals surface area contributed by atoms with Crippen molar-refractivity contribution in [3.63, 3.8) is 0 Å². The minimum Gasteiger partial charge on any atom is -0.350 e. The van der Waals surface area contributed by atoms with Gasteiger partial charge in [-0.1, -0.05) is 0 Å². The van der Waals surface area contributed by atoms with E-state index in [0.29, 0.717) is 41.3 Å². The molecule has 0 bridgehead atoms. The number of halogens is 4. The van der Waals surface area contributed by atoms with E-state index >= 15 is 0 Å². The van der Waals surface area contributed by atoms with Crippen LogP contribution < -0.4 is 5.32 Å². The molecule has 0 unspecified atom stereocenters. The molecule has 1 fully saturated rings. The van der Waals surface area contributed by atoms with Crippen LogP contribution in [0.3, 0.4) is 0 Å². The fourth-order valence-electron chi connectivity index (χ4n) is 4.21. The predicted molar refractivity (Wildman–Crippen MR) is 111 cm³/mol. The van der Waals surface area contributed by atoms with Gasteiger partial charge in [-0.05, 0) is 31.9 Å². The van der Waals surface area contributed by atoms with Crippen molar-refractivity contribution in [2.75, 3.05) is 5.32 Å². The summed E-state index contributed by atoms with van der Waals surface area (Å²) in [5.41, 5.74) is 3.19. The average molecular weight is 447 g/mol. The number of aromatic nitrogens is 6. The molecule has 4 aromatic rings. The normalized spacial score (nSPS) is 16.9. The molecule has 11 heteroatoms. The molecular weight excluding hydrogens is 426 g/mol. The first-order valence-electron chi connectivity index (χ1n) is 10.4. The van der Waals surface area contributed by atoms with Gasteiger partial charge in [-0.2, -0.15) is 0 Å². The maximum atomic E-state index is 13.4. The molecule has 0 aliphatic heterocycles. The van der Waals surface area contributed by atoms with Crippen molar-refractivity contribution >= 4 is 22.6 Å². The number of hydrogen-bond acceptors (Lipinski definition) is 5. The number of hydrogen-bond donors (Lipinski definition) is 1. The number of alkyl halides is 4. The fourth-order valence-corrected chi connectivity index (χ4v) is 4.21. The Morgan fingerprint density at radius 1 is 1.16 bits per heavy atom. The van der Waals surface area contributed by atoms with E-state index in [1.54, 1.807) is 36.1 Å². The maximum absolute atomic E-state index is 13.4. The Morgan fingerprint density at radius 2 is 1.94 bits per heavy atom. The molecule has 7 nitrogen and oxygen atoms in total. The Balaban J connectivity index is 1.43. The van der Waals surface area contributed by atoms with Crippen LogP contribution in [0.1, 0.15) is 31.5 Å². The third kappa shape index (κ3) is 3.87. The van der Waals surface area contributed by atoms with Crippen LogP contribution in [0.25, 0.3) is 27.8 Å². The van der Waals surface area contributed by atoms with Crippen LogP contribution in [0.4, 0.5) is 23.5 Å². The minimum absolute atomic E-state index is 0.0907. The van der Waals surface area contributed by atoms with Crippen molar-refractivity contribution in [2.24, 2.45) is 0 Å². The number of imidazole rings is 1. The lowest BCUT2D eigenvalue weighted by Crippen LogP contribution is -2.32. The minimum atomic E-state index is -2.59. The molecule has 1 aliphatic carbocycles. The number of rotatable bonds is 5. The Morgan fingerprint density at radius 3 is 2.69 bits per heavy atom. The molecule has 5 rings (SSSR count). The Labute approximate surface area is 180 Å². The van der Waals surface area contributed by atoms with Gasteiger partial charge in [0, 0.05) is 42.4 Å². The lowest BCUT2D eigenvalue weighted by molar-refractivity contribution is -0.0361. The second kappa shape index (κ2) is 7.72. The predicted octanol–water partition coefficient (Wildman–Crippen LogP) is 4.70. The van der Waals surface area contributed by atoms with Gasteiger partial charge in [0.2, 0.25) is 11.9 Å². The molecule has 4 aromatic heterocycles. The highest BCUT2D eigenvalue weighted by atomic mass is 19.3. The molecule has 32 heavy (non-hydrogen) atoms. The van der Waals surface area contributed by atoms with Gasteiger partial charge >= 0.3 is 0 Å². The molecule has 4 heterocycles. The smallest absolute Gasteiger partial charge is 0.256 e.